The summed E-state index contributed by atoms with van der Waals surface area (Å²) < 4.78 is 11.0. The fourth-order valence-electron chi connectivity index (χ4n) is 2.82. The van der Waals surface area contributed by atoms with Gasteiger partial charge in [-0.05, 0) is 17.5 Å². The Hall–Kier alpha value is -3.08. The number of hydrogen-bond donors (Lipinski definition) is 0. The Morgan fingerprint density at radius 3 is 2.59 bits per heavy atom. The molecule has 0 fully saturated rings. The van der Waals surface area contributed by atoms with E-state index in [0.29, 0.717) is 16.7 Å². The Labute approximate surface area is 124 Å². The maximum absolute atomic E-state index is 11.3. The second kappa shape index (κ2) is 4.46. The average molecular weight is 293 g/mol. The monoisotopic (exact) mass is 293 g/mol. The SMILES string of the molecule is COc1cc([N+](=O)[O-])c2oc3c4ccccc4ccc3c2c1. The molecule has 0 atom stereocenters. The number of nitro benzene ring substituents is 1. The first-order chi connectivity index (χ1) is 10.7. The van der Waals surface area contributed by atoms with Crippen molar-refractivity contribution in [2.45, 2.75) is 0 Å². The van der Waals surface area contributed by atoms with Gasteiger partial charge in [0, 0.05) is 16.2 Å². The minimum Gasteiger partial charge on any atom is -0.496 e. The predicted molar refractivity (Wildman–Crippen MR) is 84.4 cm³/mol. The molecule has 0 bridgehead atoms. The predicted octanol–water partition coefficient (Wildman–Crippen LogP) is 4.66. The van der Waals surface area contributed by atoms with Crippen LogP contribution in [0.3, 0.4) is 0 Å². The Morgan fingerprint density at radius 2 is 1.82 bits per heavy atom. The number of furan rings is 1. The number of nitrogens with zero attached hydrogens (tertiary/aromatic N) is 1. The quantitative estimate of drug-likeness (QED) is 0.398. The Morgan fingerprint density at radius 1 is 1.00 bits per heavy atom. The molecule has 0 radical (unpaired) electrons. The van der Waals surface area contributed by atoms with Crippen molar-refractivity contribution >= 4 is 38.4 Å². The maximum Gasteiger partial charge on any atom is 0.315 e. The molecule has 3 aromatic carbocycles. The summed E-state index contributed by atoms with van der Waals surface area (Å²) in [6, 6.07) is 14.9. The third kappa shape index (κ3) is 1.65. The third-order valence-electron chi connectivity index (χ3n) is 3.85. The summed E-state index contributed by atoms with van der Waals surface area (Å²) in [6.07, 6.45) is 0. The van der Waals surface area contributed by atoms with Crippen LogP contribution in [0.2, 0.25) is 0 Å². The molecule has 0 saturated heterocycles. The average Bonchev–Trinajstić information content (AvgIpc) is 2.92. The van der Waals surface area contributed by atoms with E-state index in [9.17, 15) is 10.1 Å². The molecule has 4 aromatic rings. The van der Waals surface area contributed by atoms with Crippen LogP contribution in [-0.4, -0.2) is 12.0 Å². The van der Waals surface area contributed by atoms with Crippen molar-refractivity contribution in [3.63, 3.8) is 0 Å². The minimum atomic E-state index is -0.449. The molecule has 0 N–H and O–H groups in total. The van der Waals surface area contributed by atoms with E-state index in [4.69, 9.17) is 9.15 Å². The van der Waals surface area contributed by atoms with Gasteiger partial charge < -0.3 is 9.15 Å². The highest BCUT2D eigenvalue weighted by atomic mass is 16.6. The molecule has 5 nitrogen and oxygen atoms in total. The van der Waals surface area contributed by atoms with Crippen LogP contribution in [0.4, 0.5) is 5.69 Å². The molecule has 0 aliphatic rings. The molecule has 5 heteroatoms. The number of non-ortho nitro benzene ring substituents is 1. The lowest BCUT2D eigenvalue weighted by atomic mass is 10.1. The van der Waals surface area contributed by atoms with Crippen LogP contribution in [0, 0.1) is 10.1 Å². The molecule has 0 saturated carbocycles. The van der Waals surface area contributed by atoms with E-state index in [1.807, 2.05) is 36.4 Å². The van der Waals surface area contributed by atoms with Crippen molar-refractivity contribution in [3.8, 4) is 5.75 Å². The molecule has 4 rings (SSSR count). The second-order valence-corrected chi connectivity index (χ2v) is 5.05. The van der Waals surface area contributed by atoms with Gasteiger partial charge in [0.05, 0.1) is 18.1 Å². The number of methoxy groups -OCH3 is 1. The number of rotatable bonds is 2. The minimum absolute atomic E-state index is 0.0883. The van der Waals surface area contributed by atoms with Crippen molar-refractivity contribution in [2.24, 2.45) is 0 Å². The van der Waals surface area contributed by atoms with Crippen molar-refractivity contribution in [3.05, 3.63) is 58.6 Å². The van der Waals surface area contributed by atoms with Gasteiger partial charge in [0.2, 0.25) is 5.58 Å². The van der Waals surface area contributed by atoms with Crippen molar-refractivity contribution in [1.29, 1.82) is 0 Å². The zero-order valence-electron chi connectivity index (χ0n) is 11.7. The normalized spacial score (nSPS) is 11.3. The number of fused-ring (bicyclic) bond motifs is 5. The lowest BCUT2D eigenvalue weighted by Crippen LogP contribution is -1.90. The van der Waals surface area contributed by atoms with Gasteiger partial charge in [-0.3, -0.25) is 10.1 Å². The van der Waals surface area contributed by atoms with Gasteiger partial charge in [0.15, 0.2) is 0 Å². The first-order valence-electron chi connectivity index (χ1n) is 6.75. The molecule has 1 aromatic heterocycles. The fraction of sp³-hybridized carbons (Fsp3) is 0.0588. The van der Waals surface area contributed by atoms with Crippen molar-refractivity contribution in [2.75, 3.05) is 7.11 Å². The van der Waals surface area contributed by atoms with Gasteiger partial charge in [0.25, 0.3) is 0 Å². The molecule has 0 spiro atoms. The summed E-state index contributed by atoms with van der Waals surface area (Å²) in [4.78, 5) is 10.9. The first kappa shape index (κ1) is 12.6. The van der Waals surface area contributed by atoms with Crippen LogP contribution in [0.1, 0.15) is 0 Å². The molecular weight excluding hydrogens is 282 g/mol. The van der Waals surface area contributed by atoms with E-state index >= 15 is 0 Å². The van der Waals surface area contributed by atoms with Gasteiger partial charge in [0.1, 0.15) is 11.3 Å². The van der Waals surface area contributed by atoms with Gasteiger partial charge in [-0.1, -0.05) is 30.3 Å². The van der Waals surface area contributed by atoms with Crippen molar-refractivity contribution in [1.82, 2.24) is 0 Å². The highest BCUT2D eigenvalue weighted by molar-refractivity contribution is 6.16. The van der Waals surface area contributed by atoms with Gasteiger partial charge >= 0.3 is 5.69 Å². The fourth-order valence-corrected chi connectivity index (χ4v) is 2.82. The number of nitro groups is 1. The smallest absolute Gasteiger partial charge is 0.315 e. The summed E-state index contributed by atoms with van der Waals surface area (Å²) in [5.41, 5.74) is 0.844. The van der Waals surface area contributed by atoms with E-state index in [2.05, 4.69) is 0 Å². The lowest BCUT2D eigenvalue weighted by molar-refractivity contribution is -0.383. The summed E-state index contributed by atoms with van der Waals surface area (Å²) in [5.74, 6) is 0.440. The zero-order valence-corrected chi connectivity index (χ0v) is 11.7. The van der Waals surface area contributed by atoms with E-state index in [1.165, 1.54) is 13.2 Å². The van der Waals surface area contributed by atoms with Crippen LogP contribution in [0.15, 0.2) is 52.9 Å². The molecule has 1 heterocycles. The highest BCUT2D eigenvalue weighted by Gasteiger charge is 2.21. The van der Waals surface area contributed by atoms with E-state index < -0.39 is 4.92 Å². The first-order valence-corrected chi connectivity index (χ1v) is 6.75. The van der Waals surface area contributed by atoms with Crippen LogP contribution in [-0.2, 0) is 0 Å². The Kier molecular flexibility index (Phi) is 2.56. The molecule has 0 aliphatic heterocycles. The van der Waals surface area contributed by atoms with Crippen LogP contribution in [0.25, 0.3) is 32.7 Å². The van der Waals surface area contributed by atoms with Gasteiger partial charge in [-0.15, -0.1) is 0 Å². The molecule has 22 heavy (non-hydrogen) atoms. The second-order valence-electron chi connectivity index (χ2n) is 5.05. The van der Waals surface area contributed by atoms with Crippen LogP contribution >= 0.6 is 0 Å². The van der Waals surface area contributed by atoms with Gasteiger partial charge in [-0.2, -0.15) is 0 Å². The summed E-state index contributed by atoms with van der Waals surface area (Å²) in [5, 5.41) is 14.8. The topological polar surface area (TPSA) is 65.5 Å². The van der Waals surface area contributed by atoms with E-state index in [1.54, 1.807) is 6.07 Å². The van der Waals surface area contributed by atoms with E-state index in [0.717, 1.165) is 16.2 Å². The highest BCUT2D eigenvalue weighted by Crippen LogP contribution is 2.40. The standard InChI is InChI=1S/C17H11NO4/c1-21-11-8-14-13-7-6-10-4-2-3-5-12(10)16(13)22-17(14)15(9-11)18(19)20/h2-9H,1H3. The molecular formula is C17H11NO4. The summed E-state index contributed by atoms with van der Waals surface area (Å²) in [7, 11) is 1.49. The third-order valence-corrected chi connectivity index (χ3v) is 3.85. The van der Waals surface area contributed by atoms with E-state index in [-0.39, 0.29) is 11.3 Å². The molecule has 0 aliphatic carbocycles. The lowest BCUT2D eigenvalue weighted by Gasteiger charge is -2.00. The summed E-state index contributed by atoms with van der Waals surface area (Å²) in [6.45, 7) is 0. The van der Waals surface area contributed by atoms with Crippen molar-refractivity contribution < 1.29 is 14.1 Å². The zero-order chi connectivity index (χ0) is 15.3. The number of ether oxygens (including phenoxy) is 1. The van der Waals surface area contributed by atoms with Gasteiger partial charge in [-0.25, -0.2) is 0 Å². The molecule has 0 unspecified atom stereocenters. The number of benzene rings is 3. The number of hydrogen-bond acceptors (Lipinski definition) is 4. The maximum atomic E-state index is 11.3. The van der Waals surface area contributed by atoms with Crippen LogP contribution in [0.5, 0.6) is 5.75 Å². The van der Waals surface area contributed by atoms with Crippen LogP contribution < -0.4 is 4.74 Å². The summed E-state index contributed by atoms with van der Waals surface area (Å²) >= 11 is 0. The Balaban J connectivity index is 2.23. The Bertz CT molecular complexity index is 1050. The molecule has 0 amide bonds. The molecule has 108 valence electrons. The largest absolute Gasteiger partial charge is 0.496 e.